The maximum absolute atomic E-state index is 12.6. The summed E-state index contributed by atoms with van der Waals surface area (Å²) < 4.78 is 5.68. The fourth-order valence-corrected chi connectivity index (χ4v) is 2.89. The van der Waals surface area contributed by atoms with Crippen LogP contribution < -0.4 is 0 Å². The van der Waals surface area contributed by atoms with Crippen LogP contribution in [0.1, 0.15) is 17.0 Å². The van der Waals surface area contributed by atoms with E-state index in [1.165, 1.54) is 23.1 Å². The molecule has 0 saturated carbocycles. The fourth-order valence-electron chi connectivity index (χ4n) is 2.71. The first-order chi connectivity index (χ1) is 13.3. The van der Waals surface area contributed by atoms with E-state index in [1.54, 1.807) is 14.0 Å². The number of nitrogens with zero attached hydrogens (tertiary/aromatic N) is 3. The number of carbonyl (C=O) groups excluding carboxylic acids is 1. The number of oxazole rings is 1. The van der Waals surface area contributed by atoms with Crippen LogP contribution in [0, 0.1) is 17.0 Å². The van der Waals surface area contributed by atoms with Crippen molar-refractivity contribution in [3.05, 3.63) is 80.7 Å². The summed E-state index contributed by atoms with van der Waals surface area (Å²) in [5.74, 6) is 0.845. The molecule has 0 aliphatic heterocycles. The molecule has 0 spiro atoms. The normalized spacial score (nSPS) is 10.7. The third-order valence-corrected chi connectivity index (χ3v) is 4.67. The van der Waals surface area contributed by atoms with Gasteiger partial charge in [-0.3, -0.25) is 14.9 Å². The highest BCUT2D eigenvalue weighted by molar-refractivity contribution is 6.31. The molecule has 144 valence electrons. The van der Waals surface area contributed by atoms with Crippen LogP contribution in [0.3, 0.4) is 0 Å². The first-order valence-corrected chi connectivity index (χ1v) is 8.91. The van der Waals surface area contributed by atoms with Crippen molar-refractivity contribution >= 4 is 23.2 Å². The van der Waals surface area contributed by atoms with Gasteiger partial charge in [0.2, 0.25) is 11.8 Å². The molecule has 8 heteroatoms. The predicted octanol–water partition coefficient (Wildman–Crippen LogP) is 4.41. The van der Waals surface area contributed by atoms with Gasteiger partial charge in [0, 0.05) is 36.3 Å². The Kier molecular flexibility index (Phi) is 5.75. The molecule has 0 bridgehead atoms. The standard InChI is InChI=1S/C20H18ClN3O4/c1-13-18(22-20(28-13)14-6-4-3-5-7-14)11-19(25)23(2)12-15-10-16(24(26)27)8-9-17(15)21/h3-10H,11-12H2,1-2H3. The lowest BCUT2D eigenvalue weighted by molar-refractivity contribution is -0.384. The van der Waals surface area contributed by atoms with E-state index in [4.69, 9.17) is 16.0 Å². The van der Waals surface area contributed by atoms with Crippen molar-refractivity contribution < 1.29 is 14.1 Å². The number of non-ortho nitro benzene ring substituents is 1. The van der Waals surface area contributed by atoms with Gasteiger partial charge in [0.05, 0.1) is 17.0 Å². The molecule has 2 aromatic carbocycles. The first-order valence-electron chi connectivity index (χ1n) is 8.53. The van der Waals surface area contributed by atoms with Crippen LogP contribution in [0.15, 0.2) is 52.9 Å². The highest BCUT2D eigenvalue weighted by atomic mass is 35.5. The molecule has 3 rings (SSSR count). The maximum atomic E-state index is 12.6. The minimum atomic E-state index is -0.495. The molecular formula is C20H18ClN3O4. The van der Waals surface area contributed by atoms with Crippen molar-refractivity contribution in [2.45, 2.75) is 19.9 Å². The Morgan fingerprint density at radius 2 is 1.96 bits per heavy atom. The van der Waals surface area contributed by atoms with Crippen LogP contribution in [0.4, 0.5) is 5.69 Å². The summed E-state index contributed by atoms with van der Waals surface area (Å²) in [6, 6.07) is 13.6. The predicted molar refractivity (Wildman–Crippen MR) is 105 cm³/mol. The summed E-state index contributed by atoms with van der Waals surface area (Å²) in [5.41, 5.74) is 1.83. The van der Waals surface area contributed by atoms with Crippen molar-refractivity contribution in [3.8, 4) is 11.5 Å². The molecule has 0 atom stereocenters. The van der Waals surface area contributed by atoms with Crippen molar-refractivity contribution in [1.29, 1.82) is 0 Å². The fraction of sp³-hybridized carbons (Fsp3) is 0.200. The molecule has 7 nitrogen and oxygen atoms in total. The zero-order valence-corrected chi connectivity index (χ0v) is 16.1. The number of nitro groups is 1. The van der Waals surface area contributed by atoms with Gasteiger partial charge in [-0.1, -0.05) is 29.8 Å². The zero-order valence-electron chi connectivity index (χ0n) is 15.4. The second-order valence-corrected chi connectivity index (χ2v) is 6.75. The van der Waals surface area contributed by atoms with Crippen LogP contribution >= 0.6 is 11.6 Å². The molecule has 3 aromatic rings. The Hall–Kier alpha value is -3.19. The number of aromatic nitrogens is 1. The number of likely N-dealkylation sites (N-methyl/N-ethyl adjacent to an activating group) is 1. The van der Waals surface area contributed by atoms with Gasteiger partial charge in [0.25, 0.3) is 5.69 Å². The molecule has 0 fully saturated rings. The minimum absolute atomic E-state index is 0.0607. The summed E-state index contributed by atoms with van der Waals surface area (Å²) >= 11 is 6.12. The largest absolute Gasteiger partial charge is 0.441 e. The highest BCUT2D eigenvalue weighted by Gasteiger charge is 2.19. The first kappa shape index (κ1) is 19.6. The van der Waals surface area contributed by atoms with Gasteiger partial charge in [0.15, 0.2) is 0 Å². The number of benzene rings is 2. The molecule has 1 amide bonds. The second-order valence-electron chi connectivity index (χ2n) is 6.35. The van der Waals surface area contributed by atoms with E-state index in [0.717, 1.165) is 5.56 Å². The molecule has 28 heavy (non-hydrogen) atoms. The van der Waals surface area contributed by atoms with Gasteiger partial charge in [-0.05, 0) is 30.7 Å². The van der Waals surface area contributed by atoms with Gasteiger partial charge < -0.3 is 9.32 Å². The number of halogens is 1. The molecule has 0 N–H and O–H groups in total. The molecular weight excluding hydrogens is 382 g/mol. The van der Waals surface area contributed by atoms with Gasteiger partial charge in [-0.25, -0.2) is 4.98 Å². The number of nitro benzene ring substituents is 1. The Labute approximate surface area is 166 Å². The molecule has 0 saturated heterocycles. The van der Waals surface area contributed by atoms with E-state index >= 15 is 0 Å². The van der Waals surface area contributed by atoms with Crippen LogP contribution in [0.5, 0.6) is 0 Å². The van der Waals surface area contributed by atoms with Crippen LogP contribution in [-0.2, 0) is 17.8 Å². The molecule has 0 radical (unpaired) electrons. The van der Waals surface area contributed by atoms with Crippen LogP contribution in [0.2, 0.25) is 5.02 Å². The smallest absolute Gasteiger partial charge is 0.269 e. The number of hydrogen-bond acceptors (Lipinski definition) is 5. The second kappa shape index (κ2) is 8.22. The van der Waals surface area contributed by atoms with E-state index < -0.39 is 4.92 Å². The molecule has 0 unspecified atom stereocenters. The van der Waals surface area contributed by atoms with E-state index in [2.05, 4.69) is 4.98 Å². The molecule has 0 aliphatic rings. The summed E-state index contributed by atoms with van der Waals surface area (Å²) in [6.07, 6.45) is 0.0607. The Morgan fingerprint density at radius 1 is 1.25 bits per heavy atom. The quantitative estimate of drug-likeness (QED) is 0.452. The molecule has 1 aromatic heterocycles. The SMILES string of the molecule is Cc1oc(-c2ccccc2)nc1CC(=O)N(C)Cc1cc([N+](=O)[O-])ccc1Cl. The Morgan fingerprint density at radius 3 is 2.64 bits per heavy atom. The van der Waals surface area contributed by atoms with E-state index in [9.17, 15) is 14.9 Å². The van der Waals surface area contributed by atoms with Crippen LogP contribution in [0.25, 0.3) is 11.5 Å². The summed E-state index contributed by atoms with van der Waals surface area (Å²) in [4.78, 5) is 29.0. The minimum Gasteiger partial charge on any atom is -0.441 e. The number of amides is 1. The number of rotatable bonds is 6. The van der Waals surface area contributed by atoms with E-state index in [0.29, 0.717) is 27.9 Å². The number of carbonyl (C=O) groups is 1. The maximum Gasteiger partial charge on any atom is 0.269 e. The van der Waals surface area contributed by atoms with Gasteiger partial charge in [0.1, 0.15) is 5.76 Å². The van der Waals surface area contributed by atoms with Gasteiger partial charge in [-0.2, -0.15) is 0 Å². The Balaban J connectivity index is 1.72. The topological polar surface area (TPSA) is 89.5 Å². The summed E-state index contributed by atoms with van der Waals surface area (Å²) in [6.45, 7) is 1.92. The van der Waals surface area contributed by atoms with Gasteiger partial charge in [-0.15, -0.1) is 0 Å². The highest BCUT2D eigenvalue weighted by Crippen LogP contribution is 2.24. The monoisotopic (exact) mass is 399 g/mol. The molecule has 1 heterocycles. The lowest BCUT2D eigenvalue weighted by atomic mass is 10.1. The van der Waals surface area contributed by atoms with E-state index in [-0.39, 0.29) is 24.6 Å². The third kappa shape index (κ3) is 4.37. The van der Waals surface area contributed by atoms with Crippen molar-refractivity contribution in [1.82, 2.24) is 9.88 Å². The average molecular weight is 400 g/mol. The summed E-state index contributed by atoms with van der Waals surface area (Å²) in [5, 5.41) is 11.3. The lowest BCUT2D eigenvalue weighted by Crippen LogP contribution is -2.28. The van der Waals surface area contributed by atoms with Crippen molar-refractivity contribution in [2.75, 3.05) is 7.05 Å². The van der Waals surface area contributed by atoms with Crippen LogP contribution in [-0.4, -0.2) is 27.8 Å². The number of aryl methyl sites for hydroxylation is 1. The van der Waals surface area contributed by atoms with Crippen molar-refractivity contribution in [3.63, 3.8) is 0 Å². The number of hydrogen-bond donors (Lipinski definition) is 0. The third-order valence-electron chi connectivity index (χ3n) is 4.31. The zero-order chi connectivity index (χ0) is 20.3. The summed E-state index contributed by atoms with van der Waals surface area (Å²) in [7, 11) is 1.62. The average Bonchev–Trinajstić information content (AvgIpc) is 3.04. The van der Waals surface area contributed by atoms with E-state index in [1.807, 2.05) is 30.3 Å². The lowest BCUT2D eigenvalue weighted by Gasteiger charge is -2.17. The Bertz CT molecular complexity index is 1020. The van der Waals surface area contributed by atoms with Crippen molar-refractivity contribution in [2.24, 2.45) is 0 Å². The van der Waals surface area contributed by atoms with Gasteiger partial charge >= 0.3 is 0 Å². The molecule has 0 aliphatic carbocycles.